The summed E-state index contributed by atoms with van der Waals surface area (Å²) >= 11 is 0. The molecule has 2 rings (SSSR count). The number of nitrogens with one attached hydrogen (secondary N) is 1. The third kappa shape index (κ3) is 3.84. The second-order valence-electron chi connectivity index (χ2n) is 5.70. The van der Waals surface area contributed by atoms with Crippen LogP contribution in [0.1, 0.15) is 51.0 Å². The number of likely N-dealkylation sites (tertiary alicyclic amines) is 1. The normalized spacial score (nSPS) is 16.4. The Labute approximate surface area is 126 Å². The molecule has 4 nitrogen and oxygen atoms in total. The molecule has 1 aliphatic heterocycles. The number of carbonyl (C=O) groups excluding carboxylic acids is 2. The van der Waals surface area contributed by atoms with E-state index in [4.69, 9.17) is 0 Å². The number of para-hydroxylation sites is 1. The van der Waals surface area contributed by atoms with Crippen LogP contribution in [0.5, 0.6) is 0 Å². The Morgan fingerprint density at radius 2 is 1.86 bits per heavy atom. The molecule has 1 saturated heterocycles. The van der Waals surface area contributed by atoms with Crippen molar-refractivity contribution in [3.8, 4) is 0 Å². The van der Waals surface area contributed by atoms with E-state index < -0.39 is 11.8 Å². The first-order valence-electron chi connectivity index (χ1n) is 7.82. The Morgan fingerprint density at radius 3 is 2.52 bits per heavy atom. The molecule has 0 saturated carbocycles. The van der Waals surface area contributed by atoms with Crippen LogP contribution in [0, 0.1) is 0 Å². The number of hydrogen-bond acceptors (Lipinski definition) is 2. The third-order valence-electron chi connectivity index (χ3n) is 4.19. The van der Waals surface area contributed by atoms with Gasteiger partial charge in [0.05, 0.1) is 0 Å². The maximum Gasteiger partial charge on any atom is 0.313 e. The van der Waals surface area contributed by atoms with Crippen LogP contribution in [-0.4, -0.2) is 29.8 Å². The number of hydrogen-bond donors (Lipinski definition) is 1. The van der Waals surface area contributed by atoms with Gasteiger partial charge in [-0.05, 0) is 43.2 Å². The van der Waals surface area contributed by atoms with Gasteiger partial charge in [0, 0.05) is 18.8 Å². The molecule has 0 spiro atoms. The molecule has 1 heterocycles. The zero-order valence-electron chi connectivity index (χ0n) is 12.9. The summed E-state index contributed by atoms with van der Waals surface area (Å²) in [4.78, 5) is 26.0. The van der Waals surface area contributed by atoms with Crippen LogP contribution in [0.25, 0.3) is 0 Å². The molecular formula is C17H24N2O2. The van der Waals surface area contributed by atoms with Crippen molar-refractivity contribution < 1.29 is 9.59 Å². The van der Waals surface area contributed by atoms with Crippen molar-refractivity contribution in [1.82, 2.24) is 4.90 Å². The highest BCUT2D eigenvalue weighted by atomic mass is 16.2. The smallest absolute Gasteiger partial charge is 0.313 e. The highest BCUT2D eigenvalue weighted by molar-refractivity contribution is 6.39. The highest BCUT2D eigenvalue weighted by Gasteiger charge is 2.24. The zero-order valence-corrected chi connectivity index (χ0v) is 12.9. The molecule has 21 heavy (non-hydrogen) atoms. The number of benzene rings is 1. The minimum atomic E-state index is -0.521. The van der Waals surface area contributed by atoms with Gasteiger partial charge in [-0.25, -0.2) is 0 Å². The number of amides is 2. The quantitative estimate of drug-likeness (QED) is 0.869. The fourth-order valence-corrected chi connectivity index (χ4v) is 2.68. The Balaban J connectivity index is 2.07. The van der Waals surface area contributed by atoms with Gasteiger partial charge in [0.15, 0.2) is 0 Å². The number of piperidine rings is 1. The molecular weight excluding hydrogens is 264 g/mol. The largest absolute Gasteiger partial charge is 0.334 e. The molecule has 1 aromatic rings. The average molecular weight is 288 g/mol. The Bertz CT molecular complexity index is 507. The molecule has 1 atom stereocenters. The van der Waals surface area contributed by atoms with Crippen molar-refractivity contribution in [3.05, 3.63) is 29.8 Å². The van der Waals surface area contributed by atoms with E-state index in [9.17, 15) is 9.59 Å². The van der Waals surface area contributed by atoms with Crippen molar-refractivity contribution >= 4 is 17.5 Å². The van der Waals surface area contributed by atoms with Gasteiger partial charge in [-0.15, -0.1) is 0 Å². The lowest BCUT2D eigenvalue weighted by Gasteiger charge is -2.26. The summed E-state index contributed by atoms with van der Waals surface area (Å²) in [7, 11) is 0. The fourth-order valence-electron chi connectivity index (χ4n) is 2.68. The minimum Gasteiger partial charge on any atom is -0.334 e. The van der Waals surface area contributed by atoms with Crippen LogP contribution in [-0.2, 0) is 9.59 Å². The Morgan fingerprint density at radius 1 is 1.19 bits per heavy atom. The number of nitrogens with zero attached hydrogens (tertiary/aromatic N) is 1. The van der Waals surface area contributed by atoms with Crippen LogP contribution in [0.3, 0.4) is 0 Å². The molecule has 1 aromatic carbocycles. The molecule has 114 valence electrons. The van der Waals surface area contributed by atoms with Crippen LogP contribution < -0.4 is 5.32 Å². The minimum absolute atomic E-state index is 0.353. The van der Waals surface area contributed by atoms with Crippen LogP contribution in [0.15, 0.2) is 24.3 Å². The van der Waals surface area contributed by atoms with E-state index in [1.165, 1.54) is 0 Å². The molecule has 2 amide bonds. The van der Waals surface area contributed by atoms with Gasteiger partial charge in [0.1, 0.15) is 0 Å². The first-order valence-corrected chi connectivity index (χ1v) is 7.82. The van der Waals surface area contributed by atoms with Gasteiger partial charge >= 0.3 is 11.8 Å². The molecule has 1 N–H and O–H groups in total. The SMILES string of the molecule is CCC(C)c1ccccc1NC(=O)C(=O)N1CCCCC1. The topological polar surface area (TPSA) is 49.4 Å². The Kier molecular flexibility index (Phi) is 5.37. The predicted molar refractivity (Wildman–Crippen MR) is 84.2 cm³/mol. The van der Waals surface area contributed by atoms with Gasteiger partial charge in [-0.1, -0.05) is 32.0 Å². The van der Waals surface area contributed by atoms with E-state index in [2.05, 4.69) is 19.2 Å². The van der Waals surface area contributed by atoms with Gasteiger partial charge in [-0.3, -0.25) is 9.59 Å². The average Bonchev–Trinajstić information content (AvgIpc) is 2.54. The van der Waals surface area contributed by atoms with E-state index in [1.54, 1.807) is 4.90 Å². The van der Waals surface area contributed by atoms with Crippen molar-refractivity contribution in [2.45, 2.75) is 45.4 Å². The van der Waals surface area contributed by atoms with Gasteiger partial charge in [0.2, 0.25) is 0 Å². The van der Waals surface area contributed by atoms with Gasteiger partial charge in [-0.2, -0.15) is 0 Å². The fraction of sp³-hybridized carbons (Fsp3) is 0.529. The monoisotopic (exact) mass is 288 g/mol. The molecule has 0 aliphatic carbocycles. The molecule has 0 aromatic heterocycles. The summed E-state index contributed by atoms with van der Waals surface area (Å²) in [6.07, 6.45) is 4.11. The molecule has 0 bridgehead atoms. The zero-order chi connectivity index (χ0) is 15.2. The summed E-state index contributed by atoms with van der Waals surface area (Å²) in [5.74, 6) is -0.576. The summed E-state index contributed by atoms with van der Waals surface area (Å²) in [5.41, 5.74) is 1.84. The maximum atomic E-state index is 12.2. The summed E-state index contributed by atoms with van der Waals surface area (Å²) < 4.78 is 0. The van der Waals surface area contributed by atoms with Crippen LogP contribution in [0.4, 0.5) is 5.69 Å². The molecule has 4 heteroatoms. The second kappa shape index (κ2) is 7.25. The van der Waals surface area contributed by atoms with Crippen molar-refractivity contribution in [1.29, 1.82) is 0 Å². The van der Waals surface area contributed by atoms with E-state index in [1.807, 2.05) is 24.3 Å². The standard InChI is InChI=1S/C17H24N2O2/c1-3-13(2)14-9-5-6-10-15(14)18-16(20)17(21)19-11-7-4-8-12-19/h5-6,9-10,13H,3-4,7-8,11-12H2,1-2H3,(H,18,20). The van der Waals surface area contributed by atoms with E-state index in [-0.39, 0.29) is 0 Å². The first kappa shape index (κ1) is 15.5. The van der Waals surface area contributed by atoms with E-state index in [0.29, 0.717) is 19.0 Å². The highest BCUT2D eigenvalue weighted by Crippen LogP contribution is 2.26. The lowest BCUT2D eigenvalue weighted by atomic mass is 9.97. The predicted octanol–water partition coefficient (Wildman–Crippen LogP) is 3.15. The summed E-state index contributed by atoms with van der Waals surface area (Å²) in [5, 5.41) is 2.79. The van der Waals surface area contributed by atoms with E-state index >= 15 is 0 Å². The van der Waals surface area contributed by atoms with Crippen molar-refractivity contribution in [2.75, 3.05) is 18.4 Å². The third-order valence-corrected chi connectivity index (χ3v) is 4.19. The van der Waals surface area contributed by atoms with Crippen molar-refractivity contribution in [2.24, 2.45) is 0 Å². The number of carbonyl (C=O) groups is 2. The van der Waals surface area contributed by atoms with Gasteiger partial charge < -0.3 is 10.2 Å². The summed E-state index contributed by atoms with van der Waals surface area (Å²) in [6.45, 7) is 5.62. The number of rotatable bonds is 3. The lowest BCUT2D eigenvalue weighted by molar-refractivity contribution is -0.143. The molecule has 1 aliphatic rings. The number of anilines is 1. The van der Waals surface area contributed by atoms with Gasteiger partial charge in [0.25, 0.3) is 0 Å². The molecule has 1 fully saturated rings. The summed E-state index contributed by atoms with van der Waals surface area (Å²) in [6, 6.07) is 7.72. The second-order valence-corrected chi connectivity index (χ2v) is 5.70. The molecule has 1 unspecified atom stereocenters. The van der Waals surface area contributed by atoms with Crippen LogP contribution in [0.2, 0.25) is 0 Å². The van der Waals surface area contributed by atoms with E-state index in [0.717, 1.165) is 36.9 Å². The maximum absolute atomic E-state index is 12.2. The van der Waals surface area contributed by atoms with Crippen LogP contribution >= 0.6 is 0 Å². The lowest BCUT2D eigenvalue weighted by Crippen LogP contribution is -2.42. The Hall–Kier alpha value is -1.84. The first-order chi connectivity index (χ1) is 10.1. The molecule has 0 radical (unpaired) electrons. The van der Waals surface area contributed by atoms with Crippen molar-refractivity contribution in [3.63, 3.8) is 0 Å².